The maximum Gasteiger partial charge on any atom is 0.216 e. The van der Waals surface area contributed by atoms with Crippen molar-refractivity contribution in [2.45, 2.75) is 19.9 Å². The van der Waals surface area contributed by atoms with Crippen LogP contribution < -0.4 is 4.74 Å². The summed E-state index contributed by atoms with van der Waals surface area (Å²) in [4.78, 5) is 12.6. The number of nitrogens with zero attached hydrogens (tertiary/aromatic N) is 2. The van der Waals surface area contributed by atoms with Crippen LogP contribution in [0.15, 0.2) is 28.9 Å². The SMILES string of the molecule is COc1cnn(C(C)C)c1C(=O)c1cc(F)ccc1Br. The van der Waals surface area contributed by atoms with E-state index in [-0.39, 0.29) is 17.4 Å². The molecular weight excluding hydrogens is 327 g/mol. The third-order valence-electron chi connectivity index (χ3n) is 2.86. The highest BCUT2D eigenvalue weighted by molar-refractivity contribution is 9.10. The first-order valence-corrected chi connectivity index (χ1v) is 6.86. The zero-order valence-electron chi connectivity index (χ0n) is 11.4. The molecule has 0 unspecified atom stereocenters. The first-order valence-electron chi connectivity index (χ1n) is 6.07. The van der Waals surface area contributed by atoms with E-state index in [0.29, 0.717) is 15.9 Å². The molecule has 2 rings (SSSR count). The summed E-state index contributed by atoms with van der Waals surface area (Å²) in [6.45, 7) is 3.81. The van der Waals surface area contributed by atoms with Crippen LogP contribution in [0.25, 0.3) is 0 Å². The lowest BCUT2D eigenvalue weighted by Crippen LogP contribution is -2.15. The van der Waals surface area contributed by atoms with Crippen molar-refractivity contribution in [1.29, 1.82) is 0 Å². The zero-order chi connectivity index (χ0) is 14.9. The number of methoxy groups -OCH3 is 1. The molecule has 0 radical (unpaired) electrons. The molecule has 1 aromatic carbocycles. The average molecular weight is 341 g/mol. The number of ketones is 1. The summed E-state index contributed by atoms with van der Waals surface area (Å²) in [6.07, 6.45) is 1.49. The van der Waals surface area contributed by atoms with E-state index in [0.717, 1.165) is 0 Å². The van der Waals surface area contributed by atoms with Gasteiger partial charge in [-0.05, 0) is 32.0 Å². The fraction of sp³-hybridized carbons (Fsp3) is 0.286. The predicted molar refractivity (Wildman–Crippen MR) is 76.7 cm³/mol. The van der Waals surface area contributed by atoms with Gasteiger partial charge in [-0.25, -0.2) is 4.39 Å². The van der Waals surface area contributed by atoms with Crippen molar-refractivity contribution in [2.24, 2.45) is 0 Å². The Kier molecular flexibility index (Phi) is 4.23. The second-order valence-electron chi connectivity index (χ2n) is 4.55. The number of benzene rings is 1. The van der Waals surface area contributed by atoms with Crippen LogP contribution in [0.5, 0.6) is 5.75 Å². The highest BCUT2D eigenvalue weighted by Crippen LogP contribution is 2.27. The van der Waals surface area contributed by atoms with Gasteiger partial charge in [-0.15, -0.1) is 0 Å². The minimum absolute atomic E-state index is 0.00909. The second kappa shape index (κ2) is 5.75. The number of carbonyl (C=O) groups excluding carboxylic acids is 1. The lowest BCUT2D eigenvalue weighted by molar-refractivity contribution is 0.102. The van der Waals surface area contributed by atoms with E-state index in [2.05, 4.69) is 21.0 Å². The number of hydrogen-bond acceptors (Lipinski definition) is 3. The van der Waals surface area contributed by atoms with Crippen molar-refractivity contribution in [1.82, 2.24) is 9.78 Å². The first-order chi connectivity index (χ1) is 9.45. The second-order valence-corrected chi connectivity index (χ2v) is 5.41. The van der Waals surface area contributed by atoms with Gasteiger partial charge in [0, 0.05) is 16.1 Å². The third-order valence-corrected chi connectivity index (χ3v) is 3.55. The number of rotatable bonds is 4. The molecule has 0 saturated carbocycles. The van der Waals surface area contributed by atoms with Crippen LogP contribution in [0.3, 0.4) is 0 Å². The summed E-state index contributed by atoms with van der Waals surface area (Å²) in [5.74, 6) is -0.426. The first kappa shape index (κ1) is 14.7. The molecule has 20 heavy (non-hydrogen) atoms. The van der Waals surface area contributed by atoms with Crippen LogP contribution in [-0.4, -0.2) is 22.7 Å². The summed E-state index contributed by atoms with van der Waals surface area (Å²) >= 11 is 3.27. The van der Waals surface area contributed by atoms with Crippen molar-refractivity contribution in [3.8, 4) is 5.75 Å². The molecule has 0 atom stereocenters. The molecule has 0 amide bonds. The van der Waals surface area contributed by atoms with Gasteiger partial charge in [-0.2, -0.15) is 5.10 Å². The van der Waals surface area contributed by atoms with Crippen LogP contribution in [0.4, 0.5) is 4.39 Å². The van der Waals surface area contributed by atoms with Crippen LogP contribution in [0.1, 0.15) is 35.9 Å². The van der Waals surface area contributed by atoms with Crippen LogP contribution in [-0.2, 0) is 0 Å². The number of aromatic nitrogens is 2. The van der Waals surface area contributed by atoms with Gasteiger partial charge in [0.2, 0.25) is 5.78 Å². The lowest BCUT2D eigenvalue weighted by atomic mass is 10.1. The van der Waals surface area contributed by atoms with Crippen LogP contribution >= 0.6 is 15.9 Å². The highest BCUT2D eigenvalue weighted by Gasteiger charge is 2.24. The molecule has 0 N–H and O–H groups in total. The standard InChI is InChI=1S/C14H14BrFN2O2/c1-8(2)18-13(12(20-3)7-17-18)14(19)10-6-9(16)4-5-11(10)15/h4-8H,1-3H3. The molecule has 0 aliphatic heterocycles. The summed E-state index contributed by atoms with van der Waals surface area (Å²) in [5.41, 5.74) is 0.555. The Morgan fingerprint density at radius 2 is 2.15 bits per heavy atom. The van der Waals surface area contributed by atoms with E-state index in [9.17, 15) is 9.18 Å². The van der Waals surface area contributed by atoms with Gasteiger partial charge >= 0.3 is 0 Å². The van der Waals surface area contributed by atoms with Gasteiger partial charge in [0.05, 0.1) is 13.3 Å². The summed E-state index contributed by atoms with van der Waals surface area (Å²) in [5, 5.41) is 4.15. The van der Waals surface area contributed by atoms with Gasteiger partial charge < -0.3 is 4.74 Å². The molecule has 0 bridgehead atoms. The van der Waals surface area contributed by atoms with E-state index >= 15 is 0 Å². The topological polar surface area (TPSA) is 44.1 Å². The Hall–Kier alpha value is -1.69. The molecular formula is C14H14BrFN2O2. The number of halogens is 2. The van der Waals surface area contributed by atoms with Gasteiger partial charge in [-0.3, -0.25) is 9.48 Å². The van der Waals surface area contributed by atoms with Gasteiger partial charge in [0.1, 0.15) is 5.82 Å². The van der Waals surface area contributed by atoms with E-state index in [4.69, 9.17) is 4.74 Å². The summed E-state index contributed by atoms with van der Waals surface area (Å²) in [7, 11) is 1.47. The molecule has 0 aliphatic rings. The molecule has 6 heteroatoms. The van der Waals surface area contributed by atoms with Crippen molar-refractivity contribution < 1.29 is 13.9 Å². The fourth-order valence-corrected chi connectivity index (χ4v) is 2.33. The lowest BCUT2D eigenvalue weighted by Gasteiger charge is -2.12. The molecule has 4 nitrogen and oxygen atoms in total. The Morgan fingerprint density at radius 3 is 2.75 bits per heavy atom. The maximum absolute atomic E-state index is 13.4. The normalized spacial score (nSPS) is 10.9. The number of ether oxygens (including phenoxy) is 1. The summed E-state index contributed by atoms with van der Waals surface area (Å²) < 4.78 is 20.6. The van der Waals surface area contributed by atoms with Gasteiger partial charge in [0.15, 0.2) is 11.4 Å². The average Bonchev–Trinajstić information content (AvgIpc) is 2.84. The minimum atomic E-state index is -0.467. The molecule has 106 valence electrons. The van der Waals surface area contributed by atoms with E-state index in [1.165, 1.54) is 31.5 Å². The van der Waals surface area contributed by atoms with E-state index in [1.807, 2.05) is 13.8 Å². The van der Waals surface area contributed by atoms with Crippen molar-refractivity contribution in [3.05, 3.63) is 45.9 Å². The molecule has 0 spiro atoms. The van der Waals surface area contributed by atoms with E-state index < -0.39 is 5.82 Å². The van der Waals surface area contributed by atoms with Crippen molar-refractivity contribution in [3.63, 3.8) is 0 Å². The van der Waals surface area contributed by atoms with Crippen LogP contribution in [0.2, 0.25) is 0 Å². The van der Waals surface area contributed by atoms with Crippen molar-refractivity contribution >= 4 is 21.7 Å². The molecule has 1 heterocycles. The maximum atomic E-state index is 13.4. The van der Waals surface area contributed by atoms with Gasteiger partial charge in [0.25, 0.3) is 0 Å². The molecule has 0 saturated heterocycles. The molecule has 1 aromatic heterocycles. The van der Waals surface area contributed by atoms with Crippen LogP contribution in [0, 0.1) is 5.82 Å². The Bertz CT molecular complexity index is 653. The predicted octanol–water partition coefficient (Wildman–Crippen LogP) is 3.61. The molecule has 2 aromatic rings. The zero-order valence-corrected chi connectivity index (χ0v) is 12.9. The molecule has 0 fully saturated rings. The largest absolute Gasteiger partial charge is 0.493 e. The fourth-order valence-electron chi connectivity index (χ4n) is 1.90. The smallest absolute Gasteiger partial charge is 0.216 e. The monoisotopic (exact) mass is 340 g/mol. The summed E-state index contributed by atoms with van der Waals surface area (Å²) in [6, 6.07) is 3.98. The molecule has 0 aliphatic carbocycles. The Labute approximate surface area is 124 Å². The van der Waals surface area contributed by atoms with Crippen molar-refractivity contribution in [2.75, 3.05) is 7.11 Å². The van der Waals surface area contributed by atoms with E-state index in [1.54, 1.807) is 4.68 Å². The quantitative estimate of drug-likeness (QED) is 0.798. The number of hydrogen-bond donors (Lipinski definition) is 0. The third kappa shape index (κ3) is 2.60. The minimum Gasteiger partial charge on any atom is -0.493 e. The van der Waals surface area contributed by atoms with Gasteiger partial charge in [-0.1, -0.05) is 15.9 Å². The Morgan fingerprint density at radius 1 is 1.45 bits per heavy atom. The number of carbonyl (C=O) groups is 1. The Balaban J connectivity index is 2.58. The highest BCUT2D eigenvalue weighted by atomic mass is 79.9.